The zero-order chi connectivity index (χ0) is 8.93. The Kier molecular flexibility index (Phi) is 2.95. The van der Waals surface area contributed by atoms with Gasteiger partial charge in [0.25, 0.3) is 0 Å². The van der Waals surface area contributed by atoms with Crippen LogP contribution in [0.25, 0.3) is 0 Å². The van der Waals surface area contributed by atoms with Crippen LogP contribution >= 0.6 is 0 Å². The molecule has 0 aromatic heterocycles. The molecule has 2 aliphatic heterocycles. The molecule has 0 fully saturated rings. The van der Waals surface area contributed by atoms with Crippen LogP contribution < -0.4 is 0 Å². The molecule has 0 amide bonds. The van der Waals surface area contributed by atoms with Crippen molar-refractivity contribution < 1.29 is 4.74 Å². The van der Waals surface area contributed by atoms with Gasteiger partial charge in [-0.3, -0.25) is 9.98 Å². The Bertz CT molecular complexity index is 209. The molecule has 3 heteroatoms. The van der Waals surface area contributed by atoms with Crippen molar-refractivity contribution in [1.29, 1.82) is 0 Å². The molecule has 2 rings (SSSR count). The fraction of sp³-hybridized carbons (Fsp3) is 0.800. The Morgan fingerprint density at radius 3 is 1.69 bits per heavy atom. The molecule has 2 aliphatic rings. The quantitative estimate of drug-likeness (QED) is 0.562. The third kappa shape index (κ3) is 2.54. The van der Waals surface area contributed by atoms with Gasteiger partial charge in [-0.05, 0) is 25.7 Å². The molecule has 0 unspecified atom stereocenters. The van der Waals surface area contributed by atoms with E-state index in [1.54, 1.807) is 0 Å². The molecule has 0 spiro atoms. The van der Waals surface area contributed by atoms with Crippen LogP contribution in [-0.4, -0.2) is 24.9 Å². The van der Waals surface area contributed by atoms with Gasteiger partial charge >= 0.3 is 0 Å². The van der Waals surface area contributed by atoms with Crippen LogP contribution in [0.4, 0.5) is 0 Å². The molecule has 0 aliphatic carbocycles. The van der Waals surface area contributed by atoms with Crippen molar-refractivity contribution in [2.24, 2.45) is 9.98 Å². The van der Waals surface area contributed by atoms with Crippen LogP contribution in [0.3, 0.4) is 0 Å². The van der Waals surface area contributed by atoms with Crippen LogP contribution in [0.15, 0.2) is 9.98 Å². The molecule has 0 atom stereocenters. The van der Waals surface area contributed by atoms with Crippen LogP contribution in [0, 0.1) is 0 Å². The average Bonchev–Trinajstić information content (AvgIpc) is 2.21. The summed E-state index contributed by atoms with van der Waals surface area (Å²) in [5.41, 5.74) is 0. The largest absolute Gasteiger partial charge is 0.429 e. The van der Waals surface area contributed by atoms with Crippen molar-refractivity contribution >= 4 is 11.8 Å². The predicted molar refractivity (Wildman–Crippen MR) is 53.4 cm³/mol. The van der Waals surface area contributed by atoms with Crippen LogP contribution in [-0.2, 0) is 4.74 Å². The van der Waals surface area contributed by atoms with E-state index in [0.29, 0.717) is 0 Å². The Balaban J connectivity index is 1.88. The van der Waals surface area contributed by atoms with Gasteiger partial charge in [0.2, 0.25) is 0 Å². The second-order valence-electron chi connectivity index (χ2n) is 3.57. The Morgan fingerprint density at radius 1 is 0.769 bits per heavy atom. The highest BCUT2D eigenvalue weighted by Gasteiger charge is 2.11. The molecule has 0 radical (unpaired) electrons. The van der Waals surface area contributed by atoms with Crippen molar-refractivity contribution in [3.63, 3.8) is 0 Å². The van der Waals surface area contributed by atoms with Crippen molar-refractivity contribution in [2.45, 2.75) is 38.5 Å². The minimum Gasteiger partial charge on any atom is -0.429 e. The van der Waals surface area contributed by atoms with E-state index in [1.165, 1.54) is 25.7 Å². The highest BCUT2D eigenvalue weighted by Crippen LogP contribution is 2.11. The fourth-order valence-electron chi connectivity index (χ4n) is 1.64. The van der Waals surface area contributed by atoms with E-state index in [2.05, 4.69) is 9.98 Å². The fourth-order valence-corrected chi connectivity index (χ4v) is 1.64. The maximum atomic E-state index is 5.63. The lowest BCUT2D eigenvalue weighted by atomic mass is 10.2. The van der Waals surface area contributed by atoms with E-state index in [-0.39, 0.29) is 0 Å². The van der Waals surface area contributed by atoms with Gasteiger partial charge in [0.05, 0.1) is 0 Å². The smallest absolute Gasteiger partial charge is 0.191 e. The van der Waals surface area contributed by atoms with E-state index in [1.807, 2.05) is 0 Å². The van der Waals surface area contributed by atoms with Gasteiger partial charge in [-0.15, -0.1) is 0 Å². The Labute approximate surface area is 78.9 Å². The third-order valence-electron chi connectivity index (χ3n) is 2.41. The summed E-state index contributed by atoms with van der Waals surface area (Å²) in [6, 6.07) is 0. The zero-order valence-corrected chi connectivity index (χ0v) is 7.96. The molecule has 0 bridgehead atoms. The Hall–Kier alpha value is -0.860. The normalized spacial score (nSPS) is 23.4. The summed E-state index contributed by atoms with van der Waals surface area (Å²) in [6.45, 7) is 1.87. The molecule has 3 nitrogen and oxygen atoms in total. The highest BCUT2D eigenvalue weighted by molar-refractivity contribution is 5.91. The van der Waals surface area contributed by atoms with E-state index in [9.17, 15) is 0 Å². The molecule has 0 aromatic carbocycles. The second-order valence-corrected chi connectivity index (χ2v) is 3.57. The first-order valence-corrected chi connectivity index (χ1v) is 5.20. The maximum absolute atomic E-state index is 5.63. The zero-order valence-electron chi connectivity index (χ0n) is 7.96. The molecule has 72 valence electrons. The number of hydrogen-bond donors (Lipinski definition) is 0. The molecule has 0 aromatic rings. The summed E-state index contributed by atoms with van der Waals surface area (Å²) in [7, 11) is 0. The van der Waals surface area contributed by atoms with Crippen molar-refractivity contribution in [3.05, 3.63) is 0 Å². The summed E-state index contributed by atoms with van der Waals surface area (Å²) in [5, 5.41) is 0. The van der Waals surface area contributed by atoms with E-state index in [4.69, 9.17) is 4.74 Å². The van der Waals surface area contributed by atoms with E-state index < -0.39 is 0 Å². The standard InChI is InChI=1S/C10H16N2O/c1-3-7-11-9(5-1)13-10-6-2-4-8-12-10/h1-8H2. The summed E-state index contributed by atoms with van der Waals surface area (Å²) in [4.78, 5) is 8.67. The van der Waals surface area contributed by atoms with Crippen molar-refractivity contribution in [1.82, 2.24) is 0 Å². The molecule has 0 saturated carbocycles. The third-order valence-corrected chi connectivity index (χ3v) is 2.41. The topological polar surface area (TPSA) is 34.0 Å². The number of aliphatic imine (C=N–C) groups is 2. The summed E-state index contributed by atoms with van der Waals surface area (Å²) < 4.78 is 5.63. The summed E-state index contributed by atoms with van der Waals surface area (Å²) >= 11 is 0. The molecule has 0 N–H and O–H groups in total. The number of rotatable bonds is 0. The first-order chi connectivity index (χ1) is 6.45. The monoisotopic (exact) mass is 180 g/mol. The SMILES string of the molecule is C1CCC(OC2=NCCCC2)=NC1. The minimum absolute atomic E-state index is 0.909. The van der Waals surface area contributed by atoms with Gasteiger partial charge in [0.1, 0.15) is 0 Å². The molecular weight excluding hydrogens is 164 g/mol. The van der Waals surface area contributed by atoms with Gasteiger partial charge in [-0.2, -0.15) is 0 Å². The first-order valence-electron chi connectivity index (χ1n) is 5.20. The average molecular weight is 180 g/mol. The number of nitrogens with zero attached hydrogens (tertiary/aromatic N) is 2. The van der Waals surface area contributed by atoms with Gasteiger partial charge in [-0.1, -0.05) is 0 Å². The lowest BCUT2D eigenvalue weighted by molar-refractivity contribution is 0.468. The number of hydrogen-bond acceptors (Lipinski definition) is 3. The van der Waals surface area contributed by atoms with Crippen LogP contribution in [0.1, 0.15) is 38.5 Å². The van der Waals surface area contributed by atoms with Gasteiger partial charge in [-0.25, -0.2) is 0 Å². The maximum Gasteiger partial charge on any atom is 0.191 e. The number of ether oxygens (including phenoxy) is 1. The van der Waals surface area contributed by atoms with Gasteiger partial charge in [0, 0.05) is 25.9 Å². The summed E-state index contributed by atoms with van der Waals surface area (Å²) in [5.74, 6) is 1.82. The summed E-state index contributed by atoms with van der Waals surface area (Å²) in [6.07, 6.45) is 6.84. The molecule has 13 heavy (non-hydrogen) atoms. The van der Waals surface area contributed by atoms with Gasteiger partial charge < -0.3 is 4.74 Å². The van der Waals surface area contributed by atoms with Crippen LogP contribution in [0.5, 0.6) is 0 Å². The molecule has 2 heterocycles. The molecular formula is C10H16N2O. The van der Waals surface area contributed by atoms with Crippen LogP contribution in [0.2, 0.25) is 0 Å². The van der Waals surface area contributed by atoms with Crippen molar-refractivity contribution in [3.8, 4) is 0 Å². The first kappa shape index (κ1) is 8.73. The van der Waals surface area contributed by atoms with Gasteiger partial charge in [0.15, 0.2) is 11.8 Å². The highest BCUT2D eigenvalue weighted by atomic mass is 16.5. The minimum atomic E-state index is 0.909. The van der Waals surface area contributed by atoms with E-state index >= 15 is 0 Å². The lowest BCUT2D eigenvalue weighted by Crippen LogP contribution is -2.18. The van der Waals surface area contributed by atoms with Crippen molar-refractivity contribution in [2.75, 3.05) is 13.1 Å². The predicted octanol–water partition coefficient (Wildman–Crippen LogP) is 2.17. The Morgan fingerprint density at radius 2 is 1.31 bits per heavy atom. The molecule has 0 saturated heterocycles. The van der Waals surface area contributed by atoms with E-state index in [0.717, 1.165) is 37.7 Å². The second kappa shape index (κ2) is 4.40. The lowest BCUT2D eigenvalue weighted by Gasteiger charge is -2.16.